The number of carbonyl (C=O) groups excluding carboxylic acids is 2. The molecule has 2 aromatic carbocycles. The van der Waals surface area contributed by atoms with Crippen molar-refractivity contribution in [3.8, 4) is 11.5 Å². The lowest BCUT2D eigenvalue weighted by Gasteiger charge is -2.35. The fourth-order valence-corrected chi connectivity index (χ4v) is 5.77. The van der Waals surface area contributed by atoms with E-state index in [1.54, 1.807) is 35.2 Å². The van der Waals surface area contributed by atoms with Gasteiger partial charge in [-0.25, -0.2) is 8.42 Å². The Labute approximate surface area is 193 Å². The Bertz CT molecular complexity index is 1160. The molecule has 0 aromatic heterocycles. The van der Waals surface area contributed by atoms with Crippen molar-refractivity contribution in [2.45, 2.75) is 23.7 Å². The second-order valence-electron chi connectivity index (χ2n) is 8.65. The third-order valence-electron chi connectivity index (χ3n) is 6.56. The summed E-state index contributed by atoms with van der Waals surface area (Å²) >= 11 is 0. The van der Waals surface area contributed by atoms with Gasteiger partial charge in [-0.15, -0.1) is 0 Å². The van der Waals surface area contributed by atoms with Crippen LogP contribution in [-0.4, -0.2) is 68.8 Å². The van der Waals surface area contributed by atoms with E-state index >= 15 is 0 Å². The monoisotopic (exact) mass is 470 g/mol. The summed E-state index contributed by atoms with van der Waals surface area (Å²) in [5.41, 5.74) is 1.09. The number of hydrogen-bond acceptors (Lipinski definition) is 6. The van der Waals surface area contributed by atoms with Gasteiger partial charge in [-0.2, -0.15) is 0 Å². The zero-order valence-electron chi connectivity index (χ0n) is 18.2. The van der Waals surface area contributed by atoms with Gasteiger partial charge >= 0.3 is 0 Å². The Kier molecular flexibility index (Phi) is 5.74. The summed E-state index contributed by atoms with van der Waals surface area (Å²) in [6.07, 6.45) is 0.759. The van der Waals surface area contributed by atoms with E-state index in [9.17, 15) is 18.0 Å². The second-order valence-corrected chi connectivity index (χ2v) is 10.8. The maximum absolute atomic E-state index is 13.0. The van der Waals surface area contributed by atoms with Crippen molar-refractivity contribution in [2.75, 3.05) is 38.7 Å². The van der Waals surface area contributed by atoms with E-state index in [2.05, 4.69) is 0 Å². The molecule has 0 unspecified atom stereocenters. The fraction of sp³-hybridized carbons (Fsp3) is 0.417. The van der Waals surface area contributed by atoms with Crippen LogP contribution < -0.4 is 9.47 Å². The van der Waals surface area contributed by atoms with Crippen LogP contribution in [0.15, 0.2) is 53.4 Å². The van der Waals surface area contributed by atoms with Crippen LogP contribution in [0.3, 0.4) is 0 Å². The lowest BCUT2D eigenvalue weighted by Crippen LogP contribution is -2.51. The summed E-state index contributed by atoms with van der Waals surface area (Å²) in [7, 11) is -3.49. The number of fused-ring (bicyclic) bond motifs is 1. The molecule has 2 fully saturated rings. The summed E-state index contributed by atoms with van der Waals surface area (Å²) in [6, 6.07) is 14.0. The first-order valence-electron chi connectivity index (χ1n) is 11.2. The number of nitrogens with zero attached hydrogens (tertiary/aromatic N) is 2. The molecule has 1 saturated heterocycles. The van der Waals surface area contributed by atoms with Gasteiger partial charge in [0.2, 0.25) is 18.6 Å². The Morgan fingerprint density at radius 1 is 0.909 bits per heavy atom. The molecule has 2 heterocycles. The number of hydrogen-bond donors (Lipinski definition) is 0. The summed E-state index contributed by atoms with van der Waals surface area (Å²) in [6.45, 7) is 2.03. The molecule has 0 N–H and O–H groups in total. The molecule has 2 aromatic rings. The van der Waals surface area contributed by atoms with Crippen LogP contribution in [-0.2, 0) is 19.4 Å². The highest BCUT2D eigenvalue weighted by molar-refractivity contribution is 7.91. The third kappa shape index (κ3) is 4.55. The minimum atomic E-state index is -3.49. The Balaban J connectivity index is 1.10. The fourth-order valence-electron chi connectivity index (χ4n) is 4.52. The van der Waals surface area contributed by atoms with Crippen molar-refractivity contribution in [2.24, 2.45) is 5.92 Å². The van der Waals surface area contributed by atoms with E-state index in [4.69, 9.17) is 9.47 Å². The summed E-state index contributed by atoms with van der Waals surface area (Å²) in [5, 5.41) is 0. The predicted octanol–water partition coefficient (Wildman–Crippen LogP) is 2.05. The molecular weight excluding hydrogens is 444 g/mol. The lowest BCUT2D eigenvalue weighted by molar-refractivity contribution is -0.140. The van der Waals surface area contributed by atoms with Crippen LogP contribution in [0.2, 0.25) is 0 Å². The zero-order valence-corrected chi connectivity index (χ0v) is 19.0. The van der Waals surface area contributed by atoms with Crippen LogP contribution in [0.25, 0.3) is 0 Å². The number of sulfone groups is 1. The van der Waals surface area contributed by atoms with Gasteiger partial charge in [0.05, 0.1) is 10.6 Å². The van der Waals surface area contributed by atoms with Crippen molar-refractivity contribution in [1.29, 1.82) is 0 Å². The molecule has 2 aliphatic heterocycles. The van der Waals surface area contributed by atoms with Crippen LogP contribution in [0.5, 0.6) is 11.5 Å². The van der Waals surface area contributed by atoms with Gasteiger partial charge in [0.1, 0.15) is 0 Å². The molecule has 3 aliphatic rings. The number of ether oxygens (including phenoxy) is 2. The molecule has 8 nitrogen and oxygen atoms in total. The van der Waals surface area contributed by atoms with Crippen LogP contribution in [0, 0.1) is 5.92 Å². The molecule has 33 heavy (non-hydrogen) atoms. The van der Waals surface area contributed by atoms with Gasteiger partial charge in [-0.05, 0) is 42.2 Å². The van der Waals surface area contributed by atoms with Crippen molar-refractivity contribution < 1.29 is 27.5 Å². The minimum absolute atomic E-state index is 0.0383. The van der Waals surface area contributed by atoms with Gasteiger partial charge < -0.3 is 19.3 Å². The number of amides is 2. The second kappa shape index (κ2) is 8.70. The molecule has 9 heteroatoms. The standard InChI is InChI=1S/C24H26N2O6S/c27-23(8-13-33(29,30)18-4-2-1-3-5-18)25-9-11-26(12-10-25)24(28)20-15-19(20)17-6-7-21-22(14-17)32-16-31-21/h1-7,14,19-20H,8-13,15-16H2/t19-,20+/m0/s1. The minimum Gasteiger partial charge on any atom is -0.454 e. The molecule has 0 bridgehead atoms. The molecule has 2 amide bonds. The van der Waals surface area contributed by atoms with Crippen molar-refractivity contribution in [3.05, 3.63) is 54.1 Å². The summed E-state index contributed by atoms with van der Waals surface area (Å²) in [4.78, 5) is 29.2. The number of rotatable bonds is 6. The van der Waals surface area contributed by atoms with Crippen molar-refractivity contribution in [3.63, 3.8) is 0 Å². The van der Waals surface area contributed by atoms with Gasteiger partial charge in [0.15, 0.2) is 21.3 Å². The Morgan fingerprint density at radius 2 is 1.61 bits per heavy atom. The Hall–Kier alpha value is -3.07. The summed E-state index contributed by atoms with van der Waals surface area (Å²) < 4.78 is 35.6. The van der Waals surface area contributed by atoms with E-state index in [1.807, 2.05) is 23.1 Å². The van der Waals surface area contributed by atoms with Crippen LogP contribution in [0.4, 0.5) is 0 Å². The highest BCUT2D eigenvalue weighted by atomic mass is 32.2. The van der Waals surface area contributed by atoms with Crippen LogP contribution in [0.1, 0.15) is 24.3 Å². The van der Waals surface area contributed by atoms with Gasteiger partial charge in [0, 0.05) is 38.5 Å². The molecule has 0 radical (unpaired) electrons. The average molecular weight is 471 g/mol. The molecule has 1 saturated carbocycles. The highest BCUT2D eigenvalue weighted by Gasteiger charge is 2.46. The molecule has 2 atom stereocenters. The van der Waals surface area contributed by atoms with E-state index in [0.717, 1.165) is 23.5 Å². The van der Waals surface area contributed by atoms with Crippen molar-refractivity contribution in [1.82, 2.24) is 9.80 Å². The molecule has 5 rings (SSSR count). The molecular formula is C24H26N2O6S. The largest absolute Gasteiger partial charge is 0.454 e. The van der Waals surface area contributed by atoms with Gasteiger partial charge in [-0.1, -0.05) is 24.3 Å². The van der Waals surface area contributed by atoms with Gasteiger partial charge in [-0.3, -0.25) is 9.59 Å². The first kappa shape index (κ1) is 21.8. The zero-order chi connectivity index (χ0) is 23.0. The maximum atomic E-state index is 13.0. The van der Waals surface area contributed by atoms with Crippen LogP contribution >= 0.6 is 0 Å². The highest BCUT2D eigenvalue weighted by Crippen LogP contribution is 2.50. The maximum Gasteiger partial charge on any atom is 0.231 e. The predicted molar refractivity (Wildman–Crippen MR) is 120 cm³/mol. The topological polar surface area (TPSA) is 93.2 Å². The van der Waals surface area contributed by atoms with E-state index in [-0.39, 0.29) is 47.5 Å². The van der Waals surface area contributed by atoms with E-state index < -0.39 is 9.84 Å². The summed E-state index contributed by atoms with van der Waals surface area (Å²) in [5.74, 6) is 1.33. The third-order valence-corrected chi connectivity index (χ3v) is 8.30. The quantitative estimate of drug-likeness (QED) is 0.642. The normalized spacial score (nSPS) is 21.7. The van der Waals surface area contributed by atoms with Gasteiger partial charge in [0.25, 0.3) is 0 Å². The Morgan fingerprint density at radius 3 is 2.36 bits per heavy atom. The van der Waals surface area contributed by atoms with Crippen molar-refractivity contribution >= 4 is 21.7 Å². The number of carbonyl (C=O) groups is 2. The molecule has 174 valence electrons. The van der Waals surface area contributed by atoms with E-state index in [1.165, 1.54) is 0 Å². The lowest BCUT2D eigenvalue weighted by atomic mass is 10.1. The SMILES string of the molecule is O=C(CCS(=O)(=O)c1ccccc1)N1CCN(C(=O)[C@@H]2C[C@H]2c2ccc3c(c2)OCO3)CC1. The first-order chi connectivity index (χ1) is 15.9. The number of piperazine rings is 1. The smallest absolute Gasteiger partial charge is 0.231 e. The average Bonchev–Trinajstić information content (AvgIpc) is 3.51. The molecule has 0 spiro atoms. The van der Waals surface area contributed by atoms with E-state index in [0.29, 0.717) is 26.2 Å². The first-order valence-corrected chi connectivity index (χ1v) is 12.8. The molecule has 1 aliphatic carbocycles. The number of benzene rings is 2.